The van der Waals surface area contributed by atoms with Gasteiger partial charge in [0.15, 0.2) is 11.9 Å². The van der Waals surface area contributed by atoms with Gasteiger partial charge in [-0.3, -0.25) is 4.79 Å². The van der Waals surface area contributed by atoms with Crippen molar-refractivity contribution in [2.45, 2.75) is 26.9 Å². The molecule has 3 aromatic carbocycles. The maximum absolute atomic E-state index is 12.7. The third-order valence-electron chi connectivity index (χ3n) is 4.40. The van der Waals surface area contributed by atoms with E-state index in [9.17, 15) is 4.79 Å². The number of carbonyl (C=O) groups excluding carboxylic acids is 1. The fourth-order valence-corrected chi connectivity index (χ4v) is 2.81. The van der Waals surface area contributed by atoms with Gasteiger partial charge in [-0.25, -0.2) is 0 Å². The van der Waals surface area contributed by atoms with Crippen LogP contribution in [-0.4, -0.2) is 12.0 Å². The molecular formula is C23H22ClNO3. The average Bonchev–Trinajstić information content (AvgIpc) is 2.68. The molecule has 0 fully saturated rings. The highest BCUT2D eigenvalue weighted by molar-refractivity contribution is 6.31. The SMILES string of the molecule is Cc1cccc(O[C@@H](C)C(=O)Nc2cc(Cl)ccc2Oc2ccccc2)c1C. The average molecular weight is 396 g/mol. The third kappa shape index (κ3) is 4.84. The highest BCUT2D eigenvalue weighted by Gasteiger charge is 2.18. The summed E-state index contributed by atoms with van der Waals surface area (Å²) in [5, 5.41) is 3.35. The van der Waals surface area contributed by atoms with Crippen LogP contribution in [0.1, 0.15) is 18.1 Å². The first-order chi connectivity index (χ1) is 13.4. The zero-order valence-electron chi connectivity index (χ0n) is 16.0. The molecule has 3 rings (SSSR count). The number of anilines is 1. The zero-order chi connectivity index (χ0) is 20.1. The van der Waals surface area contributed by atoms with E-state index in [1.807, 2.05) is 62.4 Å². The van der Waals surface area contributed by atoms with Crippen LogP contribution in [-0.2, 0) is 4.79 Å². The molecule has 4 nitrogen and oxygen atoms in total. The molecule has 0 aliphatic heterocycles. The van der Waals surface area contributed by atoms with E-state index in [-0.39, 0.29) is 5.91 Å². The van der Waals surface area contributed by atoms with Crippen LogP contribution in [0.5, 0.6) is 17.2 Å². The summed E-state index contributed by atoms with van der Waals surface area (Å²) in [6, 6.07) is 20.2. The Balaban J connectivity index is 1.75. The lowest BCUT2D eigenvalue weighted by Gasteiger charge is -2.18. The van der Waals surface area contributed by atoms with Crippen molar-refractivity contribution in [3.05, 3.63) is 82.9 Å². The number of para-hydroxylation sites is 1. The predicted octanol–water partition coefficient (Wildman–Crippen LogP) is 6.16. The van der Waals surface area contributed by atoms with Gasteiger partial charge in [0.1, 0.15) is 11.5 Å². The molecule has 0 bridgehead atoms. The van der Waals surface area contributed by atoms with Gasteiger partial charge >= 0.3 is 0 Å². The maximum atomic E-state index is 12.7. The molecule has 1 atom stereocenters. The molecule has 0 spiro atoms. The number of carbonyl (C=O) groups is 1. The second-order valence-corrected chi connectivity index (χ2v) is 6.94. The summed E-state index contributed by atoms with van der Waals surface area (Å²) in [6.45, 7) is 5.68. The lowest BCUT2D eigenvalue weighted by atomic mass is 10.1. The van der Waals surface area contributed by atoms with E-state index < -0.39 is 6.10 Å². The Bertz CT molecular complexity index is 973. The lowest BCUT2D eigenvalue weighted by Crippen LogP contribution is -2.30. The van der Waals surface area contributed by atoms with Crippen molar-refractivity contribution in [3.63, 3.8) is 0 Å². The molecule has 0 aliphatic rings. The Morgan fingerprint density at radius 2 is 1.71 bits per heavy atom. The minimum atomic E-state index is -0.691. The molecule has 0 heterocycles. The summed E-state index contributed by atoms with van der Waals surface area (Å²) >= 11 is 6.11. The highest BCUT2D eigenvalue weighted by atomic mass is 35.5. The van der Waals surface area contributed by atoms with Crippen LogP contribution in [0.3, 0.4) is 0 Å². The zero-order valence-corrected chi connectivity index (χ0v) is 16.8. The largest absolute Gasteiger partial charge is 0.481 e. The molecule has 144 valence electrons. The smallest absolute Gasteiger partial charge is 0.265 e. The summed E-state index contributed by atoms with van der Waals surface area (Å²) < 4.78 is 11.7. The number of rotatable bonds is 6. The number of hydrogen-bond acceptors (Lipinski definition) is 3. The van der Waals surface area contributed by atoms with Crippen LogP contribution < -0.4 is 14.8 Å². The van der Waals surface area contributed by atoms with Gasteiger partial charge in [-0.15, -0.1) is 0 Å². The molecule has 0 saturated carbocycles. The quantitative estimate of drug-likeness (QED) is 0.544. The van der Waals surface area contributed by atoms with Crippen molar-refractivity contribution in [1.82, 2.24) is 0 Å². The van der Waals surface area contributed by atoms with Gasteiger partial charge in [0, 0.05) is 5.02 Å². The monoisotopic (exact) mass is 395 g/mol. The van der Waals surface area contributed by atoms with E-state index in [2.05, 4.69) is 5.32 Å². The molecule has 1 amide bonds. The van der Waals surface area contributed by atoms with Crippen molar-refractivity contribution in [2.75, 3.05) is 5.32 Å². The normalized spacial score (nSPS) is 11.6. The summed E-state index contributed by atoms with van der Waals surface area (Å²) in [5.74, 6) is 1.57. The Morgan fingerprint density at radius 1 is 0.964 bits per heavy atom. The van der Waals surface area contributed by atoms with E-state index in [1.54, 1.807) is 25.1 Å². The summed E-state index contributed by atoms with van der Waals surface area (Å²) in [6.07, 6.45) is -0.691. The van der Waals surface area contributed by atoms with Crippen molar-refractivity contribution in [2.24, 2.45) is 0 Å². The minimum Gasteiger partial charge on any atom is -0.481 e. The Hall–Kier alpha value is -2.98. The summed E-state index contributed by atoms with van der Waals surface area (Å²) in [5.41, 5.74) is 2.61. The summed E-state index contributed by atoms with van der Waals surface area (Å²) in [4.78, 5) is 12.7. The number of nitrogens with one attached hydrogen (secondary N) is 1. The van der Waals surface area contributed by atoms with Crippen molar-refractivity contribution < 1.29 is 14.3 Å². The molecule has 0 radical (unpaired) electrons. The first-order valence-corrected chi connectivity index (χ1v) is 9.38. The molecule has 0 saturated heterocycles. The number of halogens is 1. The first kappa shape index (κ1) is 19.8. The number of aryl methyl sites for hydroxylation is 1. The van der Waals surface area contributed by atoms with E-state index in [1.165, 1.54) is 0 Å². The second kappa shape index (κ2) is 8.81. The molecule has 28 heavy (non-hydrogen) atoms. The van der Waals surface area contributed by atoms with Crippen molar-refractivity contribution >= 4 is 23.2 Å². The maximum Gasteiger partial charge on any atom is 0.265 e. The molecule has 0 aromatic heterocycles. The van der Waals surface area contributed by atoms with Gasteiger partial charge in [0.05, 0.1) is 5.69 Å². The third-order valence-corrected chi connectivity index (χ3v) is 4.63. The van der Waals surface area contributed by atoms with E-state index in [0.717, 1.165) is 11.1 Å². The fraction of sp³-hybridized carbons (Fsp3) is 0.174. The van der Waals surface area contributed by atoms with Gasteiger partial charge in [-0.1, -0.05) is 41.9 Å². The topological polar surface area (TPSA) is 47.6 Å². The Morgan fingerprint density at radius 3 is 2.46 bits per heavy atom. The van der Waals surface area contributed by atoms with Crippen LogP contribution >= 0.6 is 11.6 Å². The van der Waals surface area contributed by atoms with Crippen LogP contribution in [0, 0.1) is 13.8 Å². The van der Waals surface area contributed by atoms with Gasteiger partial charge in [0.25, 0.3) is 5.91 Å². The van der Waals surface area contributed by atoms with Crippen LogP contribution in [0.2, 0.25) is 5.02 Å². The molecule has 5 heteroatoms. The first-order valence-electron chi connectivity index (χ1n) is 9.00. The van der Waals surface area contributed by atoms with Gasteiger partial charge in [-0.2, -0.15) is 0 Å². The second-order valence-electron chi connectivity index (χ2n) is 6.50. The molecule has 3 aromatic rings. The van der Waals surface area contributed by atoms with Crippen LogP contribution in [0.15, 0.2) is 66.7 Å². The van der Waals surface area contributed by atoms with Gasteiger partial charge in [-0.05, 0) is 68.3 Å². The van der Waals surface area contributed by atoms with E-state index in [4.69, 9.17) is 21.1 Å². The van der Waals surface area contributed by atoms with Crippen LogP contribution in [0.25, 0.3) is 0 Å². The standard InChI is InChI=1S/C23H22ClNO3/c1-15-8-7-11-21(16(15)2)27-17(3)23(26)25-20-14-18(24)12-13-22(20)28-19-9-5-4-6-10-19/h4-14,17H,1-3H3,(H,25,26)/t17-/m0/s1. The molecule has 0 aliphatic carbocycles. The van der Waals surface area contributed by atoms with Crippen LogP contribution in [0.4, 0.5) is 5.69 Å². The van der Waals surface area contributed by atoms with Crippen molar-refractivity contribution in [3.8, 4) is 17.2 Å². The fourth-order valence-electron chi connectivity index (χ4n) is 2.63. The van der Waals surface area contributed by atoms with Gasteiger partial charge in [0.2, 0.25) is 0 Å². The molecule has 0 unspecified atom stereocenters. The van der Waals surface area contributed by atoms with E-state index in [0.29, 0.717) is 28.0 Å². The predicted molar refractivity (Wildman–Crippen MR) is 113 cm³/mol. The van der Waals surface area contributed by atoms with Crippen molar-refractivity contribution in [1.29, 1.82) is 0 Å². The number of benzene rings is 3. The summed E-state index contributed by atoms with van der Waals surface area (Å²) in [7, 11) is 0. The Kier molecular flexibility index (Phi) is 6.22. The van der Waals surface area contributed by atoms with E-state index >= 15 is 0 Å². The Labute approximate surface area is 170 Å². The number of hydrogen-bond donors (Lipinski definition) is 1. The molecule has 1 N–H and O–H groups in total. The lowest BCUT2D eigenvalue weighted by molar-refractivity contribution is -0.122. The minimum absolute atomic E-state index is 0.291. The molecular weight excluding hydrogens is 374 g/mol. The van der Waals surface area contributed by atoms with Gasteiger partial charge < -0.3 is 14.8 Å². The highest BCUT2D eigenvalue weighted by Crippen LogP contribution is 2.32. The number of ether oxygens (including phenoxy) is 2. The number of amides is 1.